The van der Waals surface area contributed by atoms with Crippen molar-refractivity contribution in [2.45, 2.75) is 25.9 Å². The van der Waals surface area contributed by atoms with E-state index < -0.39 is 0 Å². The SMILES string of the molecule is Cc1c(-c2ccc(OC3CCNCC3)cc2)ccc2nccn12. The molecule has 0 amide bonds. The number of benzene rings is 1. The highest BCUT2D eigenvalue weighted by Gasteiger charge is 2.14. The smallest absolute Gasteiger partial charge is 0.136 e. The molecule has 1 aromatic carbocycles. The van der Waals surface area contributed by atoms with E-state index in [0.717, 1.165) is 37.3 Å². The molecule has 3 heterocycles. The fraction of sp³-hybridized carbons (Fsp3) is 0.316. The Morgan fingerprint density at radius 1 is 1.09 bits per heavy atom. The van der Waals surface area contributed by atoms with Crippen LogP contribution in [0, 0.1) is 6.92 Å². The summed E-state index contributed by atoms with van der Waals surface area (Å²) in [5, 5.41) is 3.36. The number of hydrogen-bond acceptors (Lipinski definition) is 3. The topological polar surface area (TPSA) is 38.6 Å². The largest absolute Gasteiger partial charge is 0.490 e. The minimum absolute atomic E-state index is 0.339. The lowest BCUT2D eigenvalue weighted by Crippen LogP contribution is -2.34. The normalized spacial score (nSPS) is 15.9. The van der Waals surface area contributed by atoms with E-state index in [0.29, 0.717) is 6.10 Å². The molecule has 0 saturated carbocycles. The fourth-order valence-corrected chi connectivity index (χ4v) is 3.25. The van der Waals surface area contributed by atoms with Gasteiger partial charge in [-0.1, -0.05) is 12.1 Å². The van der Waals surface area contributed by atoms with E-state index in [4.69, 9.17) is 4.74 Å². The summed E-state index contributed by atoms with van der Waals surface area (Å²) in [5.41, 5.74) is 4.61. The predicted molar refractivity (Wildman–Crippen MR) is 91.9 cm³/mol. The van der Waals surface area contributed by atoms with Crippen molar-refractivity contribution >= 4 is 5.65 Å². The van der Waals surface area contributed by atoms with Gasteiger partial charge in [-0.05, 0) is 62.7 Å². The maximum atomic E-state index is 6.08. The molecule has 4 nitrogen and oxygen atoms in total. The van der Waals surface area contributed by atoms with Crippen LogP contribution in [0.25, 0.3) is 16.8 Å². The van der Waals surface area contributed by atoms with E-state index in [2.05, 4.69) is 58.0 Å². The van der Waals surface area contributed by atoms with Gasteiger partial charge in [0.1, 0.15) is 17.5 Å². The quantitative estimate of drug-likeness (QED) is 0.805. The molecule has 0 unspecified atom stereocenters. The van der Waals surface area contributed by atoms with Gasteiger partial charge in [-0.3, -0.25) is 0 Å². The van der Waals surface area contributed by atoms with Gasteiger partial charge in [-0.2, -0.15) is 0 Å². The van der Waals surface area contributed by atoms with Gasteiger partial charge >= 0.3 is 0 Å². The Morgan fingerprint density at radius 2 is 1.87 bits per heavy atom. The van der Waals surface area contributed by atoms with Crippen molar-refractivity contribution in [2.75, 3.05) is 13.1 Å². The van der Waals surface area contributed by atoms with Gasteiger partial charge in [0.15, 0.2) is 0 Å². The van der Waals surface area contributed by atoms with Gasteiger partial charge in [0.2, 0.25) is 0 Å². The summed E-state index contributed by atoms with van der Waals surface area (Å²) in [6.07, 6.45) is 6.34. The number of rotatable bonds is 3. The van der Waals surface area contributed by atoms with E-state index in [1.165, 1.54) is 16.8 Å². The number of piperidine rings is 1. The minimum atomic E-state index is 0.339. The zero-order chi connectivity index (χ0) is 15.6. The van der Waals surface area contributed by atoms with Gasteiger partial charge in [-0.25, -0.2) is 4.98 Å². The van der Waals surface area contributed by atoms with Crippen molar-refractivity contribution in [3.05, 3.63) is 54.5 Å². The van der Waals surface area contributed by atoms with Crippen LogP contribution in [-0.4, -0.2) is 28.6 Å². The molecular formula is C19H21N3O. The third-order valence-corrected chi connectivity index (χ3v) is 4.57. The van der Waals surface area contributed by atoms with Crippen LogP contribution in [0.1, 0.15) is 18.5 Å². The molecule has 0 bridgehead atoms. The molecule has 0 radical (unpaired) electrons. The number of aromatic nitrogens is 2. The number of imidazole rings is 1. The van der Waals surface area contributed by atoms with Gasteiger partial charge < -0.3 is 14.5 Å². The number of nitrogens with one attached hydrogen (secondary N) is 1. The molecule has 23 heavy (non-hydrogen) atoms. The van der Waals surface area contributed by atoms with Crippen LogP contribution in [-0.2, 0) is 0 Å². The summed E-state index contributed by atoms with van der Waals surface area (Å²) >= 11 is 0. The van der Waals surface area contributed by atoms with Crippen molar-refractivity contribution in [1.29, 1.82) is 0 Å². The van der Waals surface area contributed by atoms with Crippen LogP contribution in [0.4, 0.5) is 0 Å². The second kappa shape index (κ2) is 6.05. The fourth-order valence-electron chi connectivity index (χ4n) is 3.25. The molecule has 4 rings (SSSR count). The molecule has 1 aliphatic rings. The summed E-state index contributed by atoms with van der Waals surface area (Å²) < 4.78 is 8.20. The molecule has 118 valence electrons. The highest BCUT2D eigenvalue weighted by molar-refractivity contribution is 5.68. The van der Waals surface area contributed by atoms with Crippen LogP contribution in [0.2, 0.25) is 0 Å². The first-order chi connectivity index (χ1) is 11.3. The minimum Gasteiger partial charge on any atom is -0.490 e. The summed E-state index contributed by atoms with van der Waals surface area (Å²) in [5.74, 6) is 0.960. The van der Waals surface area contributed by atoms with Gasteiger partial charge in [0, 0.05) is 23.7 Å². The second-order valence-electron chi connectivity index (χ2n) is 6.08. The van der Waals surface area contributed by atoms with E-state index in [-0.39, 0.29) is 0 Å². The number of hydrogen-bond donors (Lipinski definition) is 1. The molecular weight excluding hydrogens is 286 g/mol. The number of pyridine rings is 1. The number of aryl methyl sites for hydroxylation is 1. The molecule has 4 heteroatoms. The Kier molecular flexibility index (Phi) is 3.75. The molecule has 0 aliphatic carbocycles. The Morgan fingerprint density at radius 3 is 2.65 bits per heavy atom. The first-order valence-corrected chi connectivity index (χ1v) is 8.22. The average Bonchev–Trinajstić information content (AvgIpc) is 3.07. The van der Waals surface area contributed by atoms with Gasteiger partial charge in [-0.15, -0.1) is 0 Å². The molecule has 0 atom stereocenters. The zero-order valence-electron chi connectivity index (χ0n) is 13.3. The van der Waals surface area contributed by atoms with Crippen molar-refractivity contribution in [2.24, 2.45) is 0 Å². The van der Waals surface area contributed by atoms with E-state index in [9.17, 15) is 0 Å². The summed E-state index contributed by atoms with van der Waals surface area (Å²) in [6.45, 7) is 4.23. The maximum absolute atomic E-state index is 6.08. The van der Waals surface area contributed by atoms with Crippen molar-refractivity contribution in [3.8, 4) is 16.9 Å². The highest BCUT2D eigenvalue weighted by atomic mass is 16.5. The number of nitrogens with zero attached hydrogens (tertiary/aromatic N) is 2. The van der Waals surface area contributed by atoms with E-state index >= 15 is 0 Å². The molecule has 2 aromatic heterocycles. The van der Waals surface area contributed by atoms with Crippen LogP contribution in [0.3, 0.4) is 0 Å². The lowest BCUT2D eigenvalue weighted by atomic mass is 10.0. The summed E-state index contributed by atoms with van der Waals surface area (Å²) in [6, 6.07) is 12.6. The van der Waals surface area contributed by atoms with Crippen molar-refractivity contribution in [1.82, 2.24) is 14.7 Å². The Hall–Kier alpha value is -2.33. The van der Waals surface area contributed by atoms with Crippen LogP contribution >= 0.6 is 0 Å². The lowest BCUT2D eigenvalue weighted by molar-refractivity contribution is 0.162. The monoisotopic (exact) mass is 307 g/mol. The van der Waals surface area contributed by atoms with Crippen LogP contribution in [0.5, 0.6) is 5.75 Å². The molecule has 1 aliphatic heterocycles. The average molecular weight is 307 g/mol. The third-order valence-electron chi connectivity index (χ3n) is 4.57. The van der Waals surface area contributed by atoms with Crippen LogP contribution < -0.4 is 10.1 Å². The third kappa shape index (κ3) is 2.82. The van der Waals surface area contributed by atoms with Crippen LogP contribution in [0.15, 0.2) is 48.8 Å². The molecule has 0 spiro atoms. The zero-order valence-corrected chi connectivity index (χ0v) is 13.3. The molecule has 1 fully saturated rings. The molecule has 1 N–H and O–H groups in total. The van der Waals surface area contributed by atoms with Crippen molar-refractivity contribution in [3.63, 3.8) is 0 Å². The summed E-state index contributed by atoms with van der Waals surface area (Å²) in [7, 11) is 0. The second-order valence-corrected chi connectivity index (χ2v) is 6.08. The Bertz CT molecular complexity index is 801. The highest BCUT2D eigenvalue weighted by Crippen LogP contribution is 2.27. The maximum Gasteiger partial charge on any atom is 0.136 e. The van der Waals surface area contributed by atoms with Gasteiger partial charge in [0.25, 0.3) is 0 Å². The molecule has 1 saturated heterocycles. The van der Waals surface area contributed by atoms with Gasteiger partial charge in [0.05, 0.1) is 0 Å². The first-order valence-electron chi connectivity index (χ1n) is 8.22. The number of ether oxygens (including phenoxy) is 1. The Labute approximate surface area is 136 Å². The first kappa shape index (κ1) is 14.3. The number of fused-ring (bicyclic) bond motifs is 1. The summed E-state index contributed by atoms with van der Waals surface area (Å²) in [4.78, 5) is 4.33. The van der Waals surface area contributed by atoms with Crippen molar-refractivity contribution < 1.29 is 4.74 Å². The van der Waals surface area contributed by atoms with E-state index in [1.54, 1.807) is 0 Å². The molecule has 3 aromatic rings. The lowest BCUT2D eigenvalue weighted by Gasteiger charge is -2.23. The standard InChI is InChI=1S/C19H21N3O/c1-14-18(6-7-19-21-12-13-22(14)19)15-2-4-16(5-3-15)23-17-8-10-20-11-9-17/h2-7,12-13,17,20H,8-11H2,1H3. The van der Waals surface area contributed by atoms with E-state index in [1.807, 2.05) is 12.4 Å². The Balaban J connectivity index is 1.58. The predicted octanol–water partition coefficient (Wildman–Crippen LogP) is 3.44.